The predicted octanol–water partition coefficient (Wildman–Crippen LogP) is -5.86. The van der Waals surface area contributed by atoms with Gasteiger partial charge in [-0.3, -0.25) is 0 Å². The molecule has 9 unspecified atom stereocenters. The van der Waals surface area contributed by atoms with Crippen LogP contribution in [0.3, 0.4) is 0 Å². The zero-order valence-electron chi connectivity index (χ0n) is 17.3. The molecule has 3 saturated heterocycles. The van der Waals surface area contributed by atoms with E-state index < -0.39 is 99.0 Å². The third kappa shape index (κ3) is 5.08. The fourth-order valence-electron chi connectivity index (χ4n) is 3.95. The highest BCUT2D eigenvalue weighted by atomic mass is 16.7. The zero-order valence-corrected chi connectivity index (χ0v) is 17.3. The predicted molar refractivity (Wildman–Crippen MR) is 98.7 cm³/mol. The summed E-state index contributed by atoms with van der Waals surface area (Å²) in [7, 11) is 0. The normalized spacial score (nSPS) is 52.7. The standard InChI is InChI=1S/C18H32O14/c1-5-9(22)11(24)13(26)17(29-5)31-15-6(21)4-28-8(3-20)16(15)32-18-14(27)12(25)10(23)7(2-19)30-18/h5-27H,2-4H2,1H3/t5?,6?,7?,8?,9-,10+,11?,12?,13?,14?,15?,16-,17+,18+/m1/s1. The molecular weight excluding hydrogens is 440 g/mol. The van der Waals surface area contributed by atoms with E-state index in [4.69, 9.17) is 23.7 Å². The van der Waals surface area contributed by atoms with Crippen molar-refractivity contribution in [3.05, 3.63) is 0 Å². The van der Waals surface area contributed by atoms with E-state index in [1.807, 2.05) is 0 Å². The first-order valence-corrected chi connectivity index (χ1v) is 10.3. The van der Waals surface area contributed by atoms with Crippen molar-refractivity contribution in [3.63, 3.8) is 0 Å². The van der Waals surface area contributed by atoms with Gasteiger partial charge in [-0.15, -0.1) is 0 Å². The van der Waals surface area contributed by atoms with Crippen molar-refractivity contribution >= 4 is 0 Å². The van der Waals surface area contributed by atoms with Gasteiger partial charge in [0.15, 0.2) is 12.6 Å². The summed E-state index contributed by atoms with van der Waals surface area (Å²) in [6.07, 6.45) is -20.2. The van der Waals surface area contributed by atoms with Gasteiger partial charge < -0.3 is 69.6 Å². The SMILES string of the molecule is CC1O[C@@H](OC2C(O)COC(CO)[C@H]2O[C@@H]2OC(CO)[C@H](O)C(O)C2O)C(O)C(O)[C@@H]1O. The summed E-state index contributed by atoms with van der Waals surface area (Å²) < 4.78 is 27.4. The highest BCUT2D eigenvalue weighted by molar-refractivity contribution is 4.95. The largest absolute Gasteiger partial charge is 0.394 e. The van der Waals surface area contributed by atoms with Crippen LogP contribution in [0.5, 0.6) is 0 Å². The minimum absolute atomic E-state index is 0.298. The second kappa shape index (κ2) is 10.8. The van der Waals surface area contributed by atoms with Crippen LogP contribution >= 0.6 is 0 Å². The molecule has 9 N–H and O–H groups in total. The van der Waals surface area contributed by atoms with Gasteiger partial charge >= 0.3 is 0 Å². The number of hydrogen-bond acceptors (Lipinski definition) is 14. The molecule has 0 saturated carbocycles. The Morgan fingerprint density at radius 3 is 1.78 bits per heavy atom. The van der Waals surface area contributed by atoms with Gasteiger partial charge in [0.05, 0.1) is 25.9 Å². The first-order valence-electron chi connectivity index (χ1n) is 10.3. The maximum absolute atomic E-state index is 10.4. The van der Waals surface area contributed by atoms with Gasteiger partial charge in [-0.25, -0.2) is 0 Å². The van der Waals surface area contributed by atoms with Gasteiger partial charge in [0, 0.05) is 0 Å². The van der Waals surface area contributed by atoms with Crippen molar-refractivity contribution in [3.8, 4) is 0 Å². The van der Waals surface area contributed by atoms with Crippen LogP contribution in [0.25, 0.3) is 0 Å². The minimum Gasteiger partial charge on any atom is -0.394 e. The smallest absolute Gasteiger partial charge is 0.187 e. The van der Waals surface area contributed by atoms with Crippen LogP contribution < -0.4 is 0 Å². The Balaban J connectivity index is 1.79. The molecule has 3 rings (SSSR count). The maximum Gasteiger partial charge on any atom is 0.187 e. The Morgan fingerprint density at radius 2 is 1.19 bits per heavy atom. The summed E-state index contributed by atoms with van der Waals surface area (Å²) in [5.74, 6) is 0. The van der Waals surface area contributed by atoms with E-state index >= 15 is 0 Å². The third-order valence-corrected chi connectivity index (χ3v) is 5.97. The minimum atomic E-state index is -1.76. The molecule has 0 aliphatic carbocycles. The summed E-state index contributed by atoms with van der Waals surface area (Å²) in [5.41, 5.74) is 0. The summed E-state index contributed by atoms with van der Waals surface area (Å²) in [4.78, 5) is 0. The summed E-state index contributed by atoms with van der Waals surface area (Å²) in [5, 5.41) is 89.7. The van der Waals surface area contributed by atoms with Crippen molar-refractivity contribution in [1.82, 2.24) is 0 Å². The molecule has 3 aliphatic rings. The number of ether oxygens (including phenoxy) is 5. The van der Waals surface area contributed by atoms with Gasteiger partial charge in [-0.05, 0) is 6.92 Å². The van der Waals surface area contributed by atoms with Crippen LogP contribution in [0.2, 0.25) is 0 Å². The van der Waals surface area contributed by atoms with Crippen molar-refractivity contribution in [1.29, 1.82) is 0 Å². The molecule has 0 bridgehead atoms. The highest BCUT2D eigenvalue weighted by Crippen LogP contribution is 2.31. The number of hydrogen-bond donors (Lipinski definition) is 9. The van der Waals surface area contributed by atoms with Gasteiger partial charge in [0.2, 0.25) is 0 Å². The van der Waals surface area contributed by atoms with Crippen molar-refractivity contribution < 1.29 is 69.6 Å². The lowest BCUT2D eigenvalue weighted by atomic mass is 9.96. The summed E-state index contributed by atoms with van der Waals surface area (Å²) >= 11 is 0. The Labute approximate surface area is 183 Å². The van der Waals surface area contributed by atoms with E-state index in [0.29, 0.717) is 0 Å². The van der Waals surface area contributed by atoms with Gasteiger partial charge in [0.25, 0.3) is 0 Å². The summed E-state index contributed by atoms with van der Waals surface area (Å²) in [6, 6.07) is 0. The van der Waals surface area contributed by atoms with Gasteiger partial charge in [0.1, 0.15) is 67.1 Å². The number of rotatable bonds is 6. The first kappa shape index (κ1) is 26.1. The average molecular weight is 472 g/mol. The zero-order chi connectivity index (χ0) is 23.7. The van der Waals surface area contributed by atoms with E-state index in [2.05, 4.69) is 0 Å². The van der Waals surface area contributed by atoms with E-state index in [1.54, 1.807) is 0 Å². The van der Waals surface area contributed by atoms with Crippen LogP contribution in [0.4, 0.5) is 0 Å². The number of aliphatic hydroxyl groups excluding tert-OH is 9. The lowest BCUT2D eigenvalue weighted by Crippen LogP contribution is -2.65. The average Bonchev–Trinajstić information content (AvgIpc) is 2.78. The Hall–Kier alpha value is -0.560. The van der Waals surface area contributed by atoms with Crippen LogP contribution in [0, 0.1) is 0 Å². The molecule has 0 amide bonds. The molecule has 32 heavy (non-hydrogen) atoms. The second-order valence-electron chi connectivity index (χ2n) is 8.20. The van der Waals surface area contributed by atoms with E-state index in [9.17, 15) is 46.0 Å². The molecule has 0 radical (unpaired) electrons. The Morgan fingerprint density at radius 1 is 0.656 bits per heavy atom. The molecule has 0 aromatic heterocycles. The van der Waals surface area contributed by atoms with Crippen molar-refractivity contribution in [2.24, 2.45) is 0 Å². The van der Waals surface area contributed by atoms with Crippen LogP contribution in [0.15, 0.2) is 0 Å². The van der Waals surface area contributed by atoms with Crippen molar-refractivity contribution in [2.75, 3.05) is 19.8 Å². The molecular formula is C18H32O14. The van der Waals surface area contributed by atoms with Crippen LogP contribution in [0.1, 0.15) is 6.92 Å². The summed E-state index contributed by atoms with van der Waals surface area (Å²) in [6.45, 7) is -0.165. The van der Waals surface area contributed by atoms with Crippen LogP contribution in [-0.2, 0) is 23.7 Å². The highest BCUT2D eigenvalue weighted by Gasteiger charge is 2.51. The molecule has 14 heteroatoms. The van der Waals surface area contributed by atoms with Gasteiger partial charge in [-0.1, -0.05) is 0 Å². The Kier molecular flexibility index (Phi) is 8.79. The Bertz CT molecular complexity index is 594. The first-order chi connectivity index (χ1) is 15.1. The fourth-order valence-corrected chi connectivity index (χ4v) is 3.95. The molecule has 14 nitrogen and oxygen atoms in total. The molecule has 0 aromatic rings. The fraction of sp³-hybridized carbons (Fsp3) is 1.00. The third-order valence-electron chi connectivity index (χ3n) is 5.97. The van der Waals surface area contributed by atoms with Crippen LogP contribution in [-0.4, -0.2) is 152 Å². The molecule has 0 spiro atoms. The van der Waals surface area contributed by atoms with Gasteiger partial charge in [-0.2, -0.15) is 0 Å². The topological polar surface area (TPSA) is 228 Å². The second-order valence-corrected chi connectivity index (χ2v) is 8.20. The monoisotopic (exact) mass is 472 g/mol. The van der Waals surface area contributed by atoms with E-state index in [0.717, 1.165) is 0 Å². The quantitative estimate of drug-likeness (QED) is 0.175. The number of aliphatic hydroxyl groups is 9. The molecule has 3 heterocycles. The van der Waals surface area contributed by atoms with Crippen molar-refractivity contribution in [2.45, 2.75) is 92.8 Å². The van der Waals surface area contributed by atoms with E-state index in [1.165, 1.54) is 6.92 Å². The molecule has 3 fully saturated rings. The molecule has 3 aliphatic heterocycles. The lowest BCUT2D eigenvalue weighted by molar-refractivity contribution is -0.363. The molecule has 0 aromatic carbocycles. The molecule has 14 atom stereocenters. The maximum atomic E-state index is 10.4. The lowest BCUT2D eigenvalue weighted by Gasteiger charge is -2.47. The molecule has 188 valence electrons. The van der Waals surface area contributed by atoms with E-state index in [-0.39, 0.29) is 6.61 Å².